The smallest absolute Gasteiger partial charge is 0.147 e. The van der Waals surface area contributed by atoms with E-state index in [4.69, 9.17) is 15.8 Å². The summed E-state index contributed by atoms with van der Waals surface area (Å²) in [4.78, 5) is 9.71. The van der Waals surface area contributed by atoms with Crippen LogP contribution in [0.2, 0.25) is 0 Å². The summed E-state index contributed by atoms with van der Waals surface area (Å²) in [7, 11) is 0. The van der Waals surface area contributed by atoms with Crippen LogP contribution in [-0.2, 0) is 18.3 Å². The second-order valence-corrected chi connectivity index (χ2v) is 6.12. The molecular weight excluding hydrogens is 260 g/mol. The molecule has 0 atom stereocenters. The summed E-state index contributed by atoms with van der Waals surface area (Å²) in [5.74, 6) is 7.47. The highest BCUT2D eigenvalue weighted by Gasteiger charge is 2.43. The van der Waals surface area contributed by atoms with E-state index in [-0.39, 0.29) is 5.41 Å². The maximum Gasteiger partial charge on any atom is 0.147 e. The van der Waals surface area contributed by atoms with Gasteiger partial charge in [0.05, 0.1) is 5.41 Å². The van der Waals surface area contributed by atoms with E-state index in [0.717, 1.165) is 43.7 Å². The van der Waals surface area contributed by atoms with Crippen molar-refractivity contribution in [3.8, 4) is 0 Å². The number of nitrogen functional groups attached to an aromatic ring is 1. The van der Waals surface area contributed by atoms with Crippen LogP contribution in [0.5, 0.6) is 0 Å². The van der Waals surface area contributed by atoms with Gasteiger partial charge in [-0.25, -0.2) is 15.8 Å². The van der Waals surface area contributed by atoms with Crippen LogP contribution in [0, 0.1) is 0 Å². The van der Waals surface area contributed by atoms with Gasteiger partial charge in [-0.3, -0.25) is 0 Å². The molecule has 0 unspecified atom stereocenters. The number of anilines is 1. The van der Waals surface area contributed by atoms with E-state index in [0.29, 0.717) is 0 Å². The molecular formula is C17H20N4. The van der Waals surface area contributed by atoms with Crippen molar-refractivity contribution < 1.29 is 0 Å². The topological polar surface area (TPSA) is 63.8 Å². The van der Waals surface area contributed by atoms with E-state index in [1.165, 1.54) is 23.2 Å². The average molecular weight is 280 g/mol. The molecule has 1 heterocycles. The Kier molecular flexibility index (Phi) is 2.93. The molecule has 1 aromatic heterocycles. The van der Waals surface area contributed by atoms with Crippen molar-refractivity contribution in [1.82, 2.24) is 9.97 Å². The van der Waals surface area contributed by atoms with Gasteiger partial charge in [-0.2, -0.15) is 0 Å². The number of hydrogen-bond donors (Lipinski definition) is 2. The third-order valence-corrected chi connectivity index (χ3v) is 5.03. The molecule has 2 aliphatic rings. The fourth-order valence-corrected chi connectivity index (χ4v) is 3.69. The Hall–Kier alpha value is -1.94. The van der Waals surface area contributed by atoms with Crippen LogP contribution in [-0.4, -0.2) is 9.97 Å². The minimum Gasteiger partial charge on any atom is -0.308 e. The molecule has 1 fully saturated rings. The molecule has 0 aliphatic heterocycles. The van der Waals surface area contributed by atoms with Crippen LogP contribution >= 0.6 is 0 Å². The average Bonchev–Trinajstić information content (AvgIpc) is 2.95. The minimum absolute atomic E-state index is 0.00944. The predicted octanol–water partition coefficient (Wildman–Crippen LogP) is 2.72. The molecule has 0 radical (unpaired) electrons. The van der Waals surface area contributed by atoms with E-state index < -0.39 is 0 Å². The number of nitrogens with zero attached hydrogens (tertiary/aromatic N) is 2. The number of nitrogens with two attached hydrogens (primary N) is 1. The van der Waals surface area contributed by atoms with Crippen molar-refractivity contribution in [2.24, 2.45) is 5.84 Å². The fraction of sp³-hybridized carbons (Fsp3) is 0.412. The molecule has 21 heavy (non-hydrogen) atoms. The first kappa shape index (κ1) is 12.8. The quantitative estimate of drug-likeness (QED) is 0.670. The van der Waals surface area contributed by atoms with Crippen LogP contribution in [0.25, 0.3) is 0 Å². The van der Waals surface area contributed by atoms with Gasteiger partial charge >= 0.3 is 0 Å². The number of fused-ring (bicyclic) bond motifs is 1. The first-order chi connectivity index (χ1) is 10.3. The van der Waals surface area contributed by atoms with Crippen molar-refractivity contribution in [1.29, 1.82) is 0 Å². The molecule has 1 saturated carbocycles. The van der Waals surface area contributed by atoms with Gasteiger partial charge in [0.25, 0.3) is 0 Å². The number of hydrazine groups is 1. The summed E-state index contributed by atoms with van der Waals surface area (Å²) in [6, 6.07) is 10.7. The fourth-order valence-electron chi connectivity index (χ4n) is 3.69. The van der Waals surface area contributed by atoms with E-state index in [9.17, 15) is 0 Å². The summed E-state index contributed by atoms with van der Waals surface area (Å²) in [5, 5.41) is 0. The zero-order valence-electron chi connectivity index (χ0n) is 12.1. The van der Waals surface area contributed by atoms with Crippen molar-refractivity contribution in [2.45, 2.75) is 43.9 Å². The second kappa shape index (κ2) is 4.81. The lowest BCUT2D eigenvalue weighted by Crippen LogP contribution is -2.38. The van der Waals surface area contributed by atoms with Gasteiger partial charge in [-0.05, 0) is 37.7 Å². The number of hydrogen-bond acceptors (Lipinski definition) is 4. The van der Waals surface area contributed by atoms with Gasteiger partial charge in [-0.1, -0.05) is 36.8 Å². The highest BCUT2D eigenvalue weighted by molar-refractivity contribution is 5.50. The lowest BCUT2D eigenvalue weighted by atomic mass is 9.64. The van der Waals surface area contributed by atoms with Gasteiger partial charge in [0, 0.05) is 11.3 Å². The lowest BCUT2D eigenvalue weighted by Gasteiger charge is -2.41. The summed E-state index contributed by atoms with van der Waals surface area (Å²) < 4.78 is 0. The summed E-state index contributed by atoms with van der Waals surface area (Å²) in [6.07, 6.45) is 6.72. The highest BCUT2D eigenvalue weighted by atomic mass is 15.3. The molecule has 4 heteroatoms. The second-order valence-electron chi connectivity index (χ2n) is 6.12. The third kappa shape index (κ3) is 1.86. The lowest BCUT2D eigenvalue weighted by molar-refractivity contribution is 0.284. The summed E-state index contributed by atoms with van der Waals surface area (Å²) in [5.41, 5.74) is 6.51. The van der Waals surface area contributed by atoms with Crippen LogP contribution in [0.4, 0.5) is 5.82 Å². The maximum atomic E-state index is 5.69. The third-order valence-electron chi connectivity index (χ3n) is 5.03. The summed E-state index contributed by atoms with van der Waals surface area (Å²) >= 11 is 0. The number of benzene rings is 1. The largest absolute Gasteiger partial charge is 0.308 e. The zero-order valence-corrected chi connectivity index (χ0v) is 12.1. The van der Waals surface area contributed by atoms with Crippen LogP contribution in [0.3, 0.4) is 0 Å². The monoisotopic (exact) mass is 280 g/mol. The standard InChI is InChI=1S/C17H20N4/c18-21-15-13-8-4-9-14(13)19-16(20-15)17(10-5-11-17)12-6-2-1-3-7-12/h1-3,6-7H,4-5,8-11,18H2,(H,19,20,21). The molecule has 108 valence electrons. The SMILES string of the molecule is NNc1nc(C2(c3ccccc3)CCC2)nc2c1CCC2. The molecule has 0 bridgehead atoms. The van der Waals surface area contributed by atoms with E-state index >= 15 is 0 Å². The summed E-state index contributed by atoms with van der Waals surface area (Å²) in [6.45, 7) is 0. The van der Waals surface area contributed by atoms with Crippen molar-refractivity contribution in [3.63, 3.8) is 0 Å². The maximum absolute atomic E-state index is 5.69. The number of nitrogens with one attached hydrogen (secondary N) is 1. The normalized spacial score (nSPS) is 18.9. The van der Waals surface area contributed by atoms with E-state index in [2.05, 4.69) is 35.8 Å². The number of aromatic nitrogens is 2. The zero-order chi connectivity index (χ0) is 14.3. The number of rotatable bonds is 3. The van der Waals surface area contributed by atoms with E-state index in [1.54, 1.807) is 0 Å². The molecule has 2 aliphatic carbocycles. The van der Waals surface area contributed by atoms with Gasteiger partial charge < -0.3 is 5.43 Å². The molecule has 2 aromatic rings. The molecule has 1 aromatic carbocycles. The van der Waals surface area contributed by atoms with Gasteiger partial charge in [0.15, 0.2) is 0 Å². The van der Waals surface area contributed by atoms with Crippen LogP contribution in [0.1, 0.15) is 48.3 Å². The molecule has 0 saturated heterocycles. The minimum atomic E-state index is -0.00944. The van der Waals surface area contributed by atoms with Crippen molar-refractivity contribution >= 4 is 5.82 Å². The van der Waals surface area contributed by atoms with E-state index in [1.807, 2.05) is 0 Å². The molecule has 3 N–H and O–H groups in total. The first-order valence-electron chi connectivity index (χ1n) is 7.76. The van der Waals surface area contributed by atoms with Crippen LogP contribution < -0.4 is 11.3 Å². The predicted molar refractivity (Wildman–Crippen MR) is 82.9 cm³/mol. The molecule has 4 rings (SSSR count). The Morgan fingerprint density at radius 3 is 2.48 bits per heavy atom. The van der Waals surface area contributed by atoms with Gasteiger partial charge in [-0.15, -0.1) is 0 Å². The molecule has 0 spiro atoms. The molecule has 0 amide bonds. The Labute approximate surface area is 124 Å². The van der Waals surface area contributed by atoms with Gasteiger partial charge in [0.1, 0.15) is 11.6 Å². The number of aryl methyl sites for hydroxylation is 1. The van der Waals surface area contributed by atoms with Crippen LogP contribution in [0.15, 0.2) is 30.3 Å². The Balaban J connectivity index is 1.85. The van der Waals surface area contributed by atoms with Crippen molar-refractivity contribution in [2.75, 3.05) is 5.43 Å². The van der Waals surface area contributed by atoms with Crippen molar-refractivity contribution in [3.05, 3.63) is 53.0 Å². The highest BCUT2D eigenvalue weighted by Crippen LogP contribution is 2.48. The first-order valence-corrected chi connectivity index (χ1v) is 7.76. The Morgan fingerprint density at radius 2 is 1.81 bits per heavy atom. The molecule has 4 nitrogen and oxygen atoms in total. The van der Waals surface area contributed by atoms with Gasteiger partial charge in [0.2, 0.25) is 0 Å². The Morgan fingerprint density at radius 1 is 1.00 bits per heavy atom. The Bertz CT molecular complexity index is 662.